The van der Waals surface area contributed by atoms with Gasteiger partial charge in [0.05, 0.1) is 16.6 Å². The molecule has 20 heavy (non-hydrogen) atoms. The summed E-state index contributed by atoms with van der Waals surface area (Å²) in [5.74, 6) is 0. The molecule has 0 spiro atoms. The summed E-state index contributed by atoms with van der Waals surface area (Å²) in [7, 11) is -3.80. The Hall–Kier alpha value is -2.45. The fraction of sp³-hybridized carbons (Fsp3) is 0. The van der Waals surface area contributed by atoms with Crippen molar-refractivity contribution in [3.63, 3.8) is 0 Å². The van der Waals surface area contributed by atoms with Crippen molar-refractivity contribution in [2.75, 3.05) is 0 Å². The highest BCUT2D eigenvalue weighted by Gasteiger charge is 2.12. The molecule has 0 fully saturated rings. The lowest BCUT2D eigenvalue weighted by Crippen LogP contribution is -2.18. The zero-order valence-electron chi connectivity index (χ0n) is 10.1. The van der Waals surface area contributed by atoms with Crippen molar-refractivity contribution in [2.24, 2.45) is 5.14 Å². The molecule has 0 unspecified atom stereocenters. The number of pyridine rings is 1. The van der Waals surface area contributed by atoms with Crippen molar-refractivity contribution >= 4 is 20.9 Å². The first-order valence-electron chi connectivity index (χ1n) is 5.55. The van der Waals surface area contributed by atoms with E-state index in [2.05, 4.69) is 4.98 Å². The molecule has 8 heteroatoms. The van der Waals surface area contributed by atoms with E-state index >= 15 is 0 Å². The number of hydrogen-bond acceptors (Lipinski definition) is 5. The molecule has 2 aromatic heterocycles. The summed E-state index contributed by atoms with van der Waals surface area (Å²) in [6.07, 6.45) is 2.76. The predicted molar refractivity (Wildman–Crippen MR) is 71.0 cm³/mol. The van der Waals surface area contributed by atoms with E-state index in [1.807, 2.05) is 0 Å². The monoisotopic (exact) mass is 291 g/mol. The summed E-state index contributed by atoms with van der Waals surface area (Å²) < 4.78 is 29.0. The molecular weight excluding hydrogens is 282 g/mol. The van der Waals surface area contributed by atoms with Crippen LogP contribution in [0.4, 0.5) is 0 Å². The molecule has 7 nitrogen and oxygen atoms in total. The maximum atomic E-state index is 11.9. The van der Waals surface area contributed by atoms with Gasteiger partial charge >= 0.3 is 6.01 Å². The lowest BCUT2D eigenvalue weighted by atomic mass is 10.2. The second-order valence-electron chi connectivity index (χ2n) is 4.09. The smallest absolute Gasteiger partial charge is 0.309 e. The third-order valence-electron chi connectivity index (χ3n) is 2.80. The first-order valence-corrected chi connectivity index (χ1v) is 7.10. The lowest BCUT2D eigenvalue weighted by Gasteiger charge is -2.07. The number of benzene rings is 1. The van der Waals surface area contributed by atoms with Crippen molar-refractivity contribution < 1.29 is 12.8 Å². The zero-order chi connectivity index (χ0) is 14.3. The van der Waals surface area contributed by atoms with E-state index in [4.69, 9.17) is 9.56 Å². The second kappa shape index (κ2) is 4.29. The minimum Gasteiger partial charge on any atom is -0.432 e. The molecule has 102 valence electrons. The van der Waals surface area contributed by atoms with E-state index in [-0.39, 0.29) is 16.5 Å². The molecule has 2 N–H and O–H groups in total. The molecule has 2 heterocycles. The van der Waals surface area contributed by atoms with Crippen molar-refractivity contribution in [2.45, 2.75) is 4.90 Å². The number of hydrogen-bond donors (Lipinski definition) is 1. The molecule has 0 aliphatic carbocycles. The third-order valence-corrected chi connectivity index (χ3v) is 3.72. The van der Waals surface area contributed by atoms with Crippen LogP contribution in [-0.4, -0.2) is 18.0 Å². The second-order valence-corrected chi connectivity index (χ2v) is 5.65. The van der Waals surface area contributed by atoms with E-state index in [0.29, 0.717) is 10.9 Å². The molecule has 3 aromatic rings. The van der Waals surface area contributed by atoms with Crippen LogP contribution in [0.3, 0.4) is 0 Å². The Balaban J connectivity index is 2.37. The Kier molecular flexibility index (Phi) is 2.70. The van der Waals surface area contributed by atoms with Crippen LogP contribution in [0.1, 0.15) is 0 Å². The average molecular weight is 291 g/mol. The van der Waals surface area contributed by atoms with Crippen LogP contribution >= 0.6 is 0 Å². The number of nitrogens with zero attached hydrogens (tertiary/aromatic N) is 2. The van der Waals surface area contributed by atoms with Gasteiger partial charge in [0, 0.05) is 11.5 Å². The molecular formula is C12H9N3O4S. The van der Waals surface area contributed by atoms with Gasteiger partial charge in [0.25, 0.3) is 5.56 Å². The van der Waals surface area contributed by atoms with Crippen molar-refractivity contribution in [3.05, 3.63) is 53.1 Å². The molecule has 0 aliphatic rings. The fourth-order valence-corrected chi connectivity index (χ4v) is 2.47. The first kappa shape index (κ1) is 12.6. The average Bonchev–Trinajstić information content (AvgIpc) is 2.90. The van der Waals surface area contributed by atoms with E-state index in [1.54, 1.807) is 0 Å². The number of sulfonamides is 1. The van der Waals surface area contributed by atoms with Crippen LogP contribution < -0.4 is 10.7 Å². The molecule has 3 rings (SSSR count). The molecule has 0 bridgehead atoms. The van der Waals surface area contributed by atoms with Gasteiger partial charge in [-0.3, -0.25) is 4.79 Å². The van der Waals surface area contributed by atoms with Gasteiger partial charge in [-0.2, -0.15) is 0 Å². The van der Waals surface area contributed by atoms with E-state index in [0.717, 1.165) is 0 Å². The standard InChI is InChI=1S/C12H9N3O4S/c13-20(17,18)9-2-3-10-8(7-9)1-4-11(16)15(10)12-14-5-6-19-12/h1-7H,(H2,13,17,18). The van der Waals surface area contributed by atoms with Gasteiger partial charge in [0.2, 0.25) is 10.0 Å². The van der Waals surface area contributed by atoms with Crippen molar-refractivity contribution in [1.29, 1.82) is 0 Å². The van der Waals surface area contributed by atoms with Gasteiger partial charge in [-0.05, 0) is 24.3 Å². The highest BCUT2D eigenvalue weighted by molar-refractivity contribution is 7.89. The maximum Gasteiger partial charge on any atom is 0.309 e. The van der Waals surface area contributed by atoms with E-state index in [9.17, 15) is 13.2 Å². The molecule has 0 amide bonds. The van der Waals surface area contributed by atoms with Crippen LogP contribution in [0.25, 0.3) is 16.9 Å². The summed E-state index contributed by atoms with van der Waals surface area (Å²) in [5.41, 5.74) is 0.149. The van der Waals surface area contributed by atoms with Crippen LogP contribution in [0, 0.1) is 0 Å². The number of rotatable bonds is 2. The van der Waals surface area contributed by atoms with Gasteiger partial charge in [-0.1, -0.05) is 0 Å². The lowest BCUT2D eigenvalue weighted by molar-refractivity contribution is 0.527. The quantitative estimate of drug-likeness (QED) is 0.744. The number of primary sulfonamides is 1. The maximum absolute atomic E-state index is 11.9. The summed E-state index contributed by atoms with van der Waals surface area (Å²) in [5, 5.41) is 5.62. The van der Waals surface area contributed by atoms with Gasteiger partial charge in [0.15, 0.2) is 0 Å². The molecule has 1 aromatic carbocycles. The largest absolute Gasteiger partial charge is 0.432 e. The van der Waals surface area contributed by atoms with Gasteiger partial charge in [-0.25, -0.2) is 23.1 Å². The Morgan fingerprint density at radius 2 is 2.00 bits per heavy atom. The Morgan fingerprint density at radius 3 is 2.65 bits per heavy atom. The summed E-state index contributed by atoms with van der Waals surface area (Å²) in [6.45, 7) is 0. The Bertz CT molecular complexity index is 942. The SMILES string of the molecule is NS(=O)(=O)c1ccc2c(ccc(=O)n2-c2ncco2)c1. The number of oxazole rings is 1. The van der Waals surface area contributed by atoms with Crippen molar-refractivity contribution in [1.82, 2.24) is 9.55 Å². The Labute approximate surface area is 113 Å². The van der Waals surface area contributed by atoms with Gasteiger partial charge in [0.1, 0.15) is 6.26 Å². The Morgan fingerprint density at radius 1 is 1.20 bits per heavy atom. The van der Waals surface area contributed by atoms with Crippen LogP contribution in [0.15, 0.2) is 56.9 Å². The third kappa shape index (κ3) is 2.00. The van der Waals surface area contributed by atoms with Crippen LogP contribution in [-0.2, 0) is 10.0 Å². The molecule has 0 saturated carbocycles. The summed E-state index contributed by atoms with van der Waals surface area (Å²) in [6, 6.07) is 7.15. The number of fused-ring (bicyclic) bond motifs is 1. The van der Waals surface area contributed by atoms with Crippen LogP contribution in [0.2, 0.25) is 0 Å². The fourth-order valence-electron chi connectivity index (χ4n) is 1.92. The molecule has 0 saturated heterocycles. The summed E-state index contributed by atoms with van der Waals surface area (Å²) in [4.78, 5) is 15.8. The minimum absolute atomic E-state index is 0.0254. The number of nitrogens with two attached hydrogens (primary N) is 1. The first-order chi connectivity index (χ1) is 9.47. The van der Waals surface area contributed by atoms with Crippen LogP contribution in [0.5, 0.6) is 0 Å². The topological polar surface area (TPSA) is 108 Å². The van der Waals surface area contributed by atoms with Gasteiger partial charge in [-0.15, -0.1) is 0 Å². The van der Waals surface area contributed by atoms with E-state index in [1.165, 1.54) is 47.4 Å². The van der Waals surface area contributed by atoms with E-state index < -0.39 is 10.0 Å². The van der Waals surface area contributed by atoms with Gasteiger partial charge < -0.3 is 4.42 Å². The predicted octanol–water partition coefficient (Wildman–Crippen LogP) is 0.626. The normalized spacial score (nSPS) is 11.8. The number of aromatic nitrogens is 2. The highest BCUT2D eigenvalue weighted by Crippen LogP contribution is 2.19. The molecule has 0 radical (unpaired) electrons. The summed E-state index contributed by atoms with van der Waals surface area (Å²) >= 11 is 0. The van der Waals surface area contributed by atoms with Crippen molar-refractivity contribution in [3.8, 4) is 6.01 Å². The highest BCUT2D eigenvalue weighted by atomic mass is 32.2. The molecule has 0 aliphatic heterocycles. The minimum atomic E-state index is -3.80. The zero-order valence-corrected chi connectivity index (χ0v) is 10.9. The molecule has 0 atom stereocenters.